The second-order valence-electron chi connectivity index (χ2n) is 5.25. The van der Waals surface area contributed by atoms with Crippen molar-refractivity contribution in [3.05, 3.63) is 11.8 Å². The second kappa shape index (κ2) is 5.62. The van der Waals surface area contributed by atoms with Crippen molar-refractivity contribution in [1.29, 1.82) is 0 Å². The normalized spacial score (nSPS) is 22.8. The van der Waals surface area contributed by atoms with Crippen LogP contribution in [0, 0.1) is 6.92 Å². The molecule has 2 rings (SSSR count). The smallest absolute Gasteiger partial charge is 0.239 e. The summed E-state index contributed by atoms with van der Waals surface area (Å²) < 4.78 is 4.89. The fourth-order valence-corrected chi connectivity index (χ4v) is 2.58. The van der Waals surface area contributed by atoms with Gasteiger partial charge >= 0.3 is 0 Å². The number of hydrogen-bond donors (Lipinski definition) is 2. The summed E-state index contributed by atoms with van der Waals surface area (Å²) in [6.45, 7) is 4.52. The number of aromatic nitrogens is 1. The lowest BCUT2D eigenvalue weighted by molar-refractivity contribution is -0.131. The highest BCUT2D eigenvalue weighted by atomic mass is 16.5. The minimum absolute atomic E-state index is 0.0555. The number of nitrogens with one attached hydrogen (secondary N) is 2. The van der Waals surface area contributed by atoms with E-state index < -0.39 is 5.54 Å². The first-order valence-corrected chi connectivity index (χ1v) is 6.66. The molecule has 7 heteroatoms. The Bertz CT molecular complexity index is 513. The first-order valence-electron chi connectivity index (χ1n) is 6.66. The third kappa shape index (κ3) is 2.82. The summed E-state index contributed by atoms with van der Waals surface area (Å²) in [4.78, 5) is 25.9. The van der Waals surface area contributed by atoms with Crippen LogP contribution < -0.4 is 10.6 Å². The van der Waals surface area contributed by atoms with E-state index in [-0.39, 0.29) is 18.4 Å². The van der Waals surface area contributed by atoms with E-state index in [1.807, 2.05) is 11.8 Å². The van der Waals surface area contributed by atoms with Crippen molar-refractivity contribution in [1.82, 2.24) is 15.4 Å². The maximum Gasteiger partial charge on any atom is 0.239 e. The molecule has 0 aliphatic carbocycles. The summed E-state index contributed by atoms with van der Waals surface area (Å²) in [6, 6.07) is 1.65. The van der Waals surface area contributed by atoms with Crippen molar-refractivity contribution in [2.24, 2.45) is 0 Å². The summed E-state index contributed by atoms with van der Waals surface area (Å²) >= 11 is 0. The van der Waals surface area contributed by atoms with Crippen molar-refractivity contribution in [2.45, 2.75) is 32.2 Å². The molecule has 1 aliphatic heterocycles. The molecule has 1 atom stereocenters. The molecule has 0 bridgehead atoms. The number of likely N-dealkylation sites (tertiary alicyclic amines) is 1. The predicted molar refractivity (Wildman–Crippen MR) is 73.1 cm³/mol. The van der Waals surface area contributed by atoms with Gasteiger partial charge in [0, 0.05) is 13.1 Å². The SMILES string of the molecule is CNC(=O)C1(C)CCCN1CC(=O)Nc1cc(C)on1. The molecule has 2 heterocycles. The molecule has 1 aromatic heterocycles. The van der Waals surface area contributed by atoms with E-state index in [0.717, 1.165) is 19.4 Å². The number of anilines is 1. The summed E-state index contributed by atoms with van der Waals surface area (Å²) in [6.07, 6.45) is 1.66. The molecule has 0 aromatic carbocycles. The number of aryl methyl sites for hydroxylation is 1. The Morgan fingerprint density at radius 2 is 2.30 bits per heavy atom. The number of carbonyl (C=O) groups excluding carboxylic acids is 2. The van der Waals surface area contributed by atoms with E-state index in [0.29, 0.717) is 11.6 Å². The first kappa shape index (κ1) is 14.5. The van der Waals surface area contributed by atoms with Crippen LogP contribution in [0.5, 0.6) is 0 Å². The maximum atomic E-state index is 12.0. The molecule has 2 N–H and O–H groups in total. The highest BCUT2D eigenvalue weighted by Gasteiger charge is 2.43. The zero-order chi connectivity index (χ0) is 14.8. The Morgan fingerprint density at radius 1 is 1.55 bits per heavy atom. The predicted octanol–water partition coefficient (Wildman–Crippen LogP) is 0.522. The van der Waals surface area contributed by atoms with Gasteiger partial charge in [-0.3, -0.25) is 14.5 Å². The van der Waals surface area contributed by atoms with E-state index in [9.17, 15) is 9.59 Å². The molecule has 1 aliphatic rings. The van der Waals surface area contributed by atoms with Gasteiger partial charge in [-0.2, -0.15) is 0 Å². The number of rotatable bonds is 4. The molecule has 2 amide bonds. The molecule has 0 saturated carbocycles. The molecular formula is C13H20N4O3. The van der Waals surface area contributed by atoms with E-state index in [1.54, 1.807) is 20.0 Å². The Hall–Kier alpha value is -1.89. The Morgan fingerprint density at radius 3 is 2.90 bits per heavy atom. The van der Waals surface area contributed by atoms with Gasteiger partial charge in [0.15, 0.2) is 5.82 Å². The summed E-state index contributed by atoms with van der Waals surface area (Å²) in [5.41, 5.74) is -0.619. The fraction of sp³-hybridized carbons (Fsp3) is 0.615. The van der Waals surface area contributed by atoms with Gasteiger partial charge in [-0.1, -0.05) is 5.16 Å². The van der Waals surface area contributed by atoms with Crippen molar-refractivity contribution in [2.75, 3.05) is 25.5 Å². The van der Waals surface area contributed by atoms with Gasteiger partial charge in [0.2, 0.25) is 11.8 Å². The Labute approximate surface area is 117 Å². The molecule has 7 nitrogen and oxygen atoms in total. The monoisotopic (exact) mass is 280 g/mol. The number of nitrogens with zero attached hydrogens (tertiary/aromatic N) is 2. The van der Waals surface area contributed by atoms with Crippen molar-refractivity contribution >= 4 is 17.6 Å². The highest BCUT2D eigenvalue weighted by molar-refractivity contribution is 5.92. The van der Waals surface area contributed by atoms with Crippen LogP contribution in [-0.2, 0) is 9.59 Å². The second-order valence-corrected chi connectivity index (χ2v) is 5.25. The van der Waals surface area contributed by atoms with Crippen molar-refractivity contribution < 1.29 is 14.1 Å². The third-order valence-corrected chi connectivity index (χ3v) is 3.74. The maximum absolute atomic E-state index is 12.0. The topological polar surface area (TPSA) is 87.5 Å². The molecule has 1 fully saturated rings. The van der Waals surface area contributed by atoms with E-state index in [2.05, 4.69) is 15.8 Å². The molecule has 0 radical (unpaired) electrons. The van der Waals surface area contributed by atoms with Crippen LogP contribution in [0.1, 0.15) is 25.5 Å². The lowest BCUT2D eigenvalue weighted by atomic mass is 9.98. The molecular weight excluding hydrogens is 260 g/mol. The summed E-state index contributed by atoms with van der Waals surface area (Å²) in [5.74, 6) is 0.778. The van der Waals surface area contributed by atoms with Crippen LogP contribution in [0.4, 0.5) is 5.82 Å². The third-order valence-electron chi connectivity index (χ3n) is 3.74. The van der Waals surface area contributed by atoms with Crippen molar-refractivity contribution in [3.63, 3.8) is 0 Å². The van der Waals surface area contributed by atoms with E-state index in [4.69, 9.17) is 4.52 Å². The van der Waals surface area contributed by atoms with Gasteiger partial charge in [0.25, 0.3) is 0 Å². The molecule has 1 unspecified atom stereocenters. The molecule has 0 spiro atoms. The highest BCUT2D eigenvalue weighted by Crippen LogP contribution is 2.28. The van der Waals surface area contributed by atoms with E-state index >= 15 is 0 Å². The standard InChI is InChI=1S/C13H20N4O3/c1-9-7-10(16-20-9)15-11(18)8-17-6-4-5-13(17,2)12(19)14-3/h7H,4-6,8H2,1-3H3,(H,14,19)(H,15,16,18). The molecule has 20 heavy (non-hydrogen) atoms. The van der Waals surface area contributed by atoms with Crippen molar-refractivity contribution in [3.8, 4) is 0 Å². The quantitative estimate of drug-likeness (QED) is 0.839. The molecule has 1 saturated heterocycles. The Balaban J connectivity index is 1.98. The van der Waals surface area contributed by atoms with Crippen LogP contribution in [0.15, 0.2) is 10.6 Å². The molecule has 110 valence electrons. The average molecular weight is 280 g/mol. The van der Waals surface area contributed by atoms with Gasteiger partial charge in [0.1, 0.15) is 5.76 Å². The van der Waals surface area contributed by atoms with Gasteiger partial charge in [0.05, 0.1) is 12.1 Å². The van der Waals surface area contributed by atoms with Gasteiger partial charge in [-0.15, -0.1) is 0 Å². The van der Waals surface area contributed by atoms with Gasteiger partial charge in [-0.05, 0) is 33.2 Å². The minimum atomic E-state index is -0.619. The van der Waals surface area contributed by atoms with Crippen LogP contribution >= 0.6 is 0 Å². The first-order chi connectivity index (χ1) is 9.45. The number of likely N-dealkylation sites (N-methyl/N-ethyl adjacent to an activating group) is 1. The average Bonchev–Trinajstić information content (AvgIpc) is 2.96. The zero-order valence-electron chi connectivity index (χ0n) is 12.0. The zero-order valence-corrected chi connectivity index (χ0v) is 12.0. The summed E-state index contributed by atoms with van der Waals surface area (Å²) in [7, 11) is 1.61. The minimum Gasteiger partial charge on any atom is -0.360 e. The van der Waals surface area contributed by atoms with Crippen LogP contribution in [0.25, 0.3) is 0 Å². The van der Waals surface area contributed by atoms with Gasteiger partial charge < -0.3 is 15.2 Å². The largest absolute Gasteiger partial charge is 0.360 e. The lowest BCUT2D eigenvalue weighted by Gasteiger charge is -2.32. The van der Waals surface area contributed by atoms with Crippen LogP contribution in [0.3, 0.4) is 0 Å². The van der Waals surface area contributed by atoms with Crippen LogP contribution in [-0.4, -0.2) is 47.5 Å². The number of carbonyl (C=O) groups is 2. The number of hydrogen-bond acceptors (Lipinski definition) is 5. The molecule has 1 aromatic rings. The summed E-state index contributed by atoms with van der Waals surface area (Å²) in [5, 5.41) is 9.04. The van der Waals surface area contributed by atoms with Gasteiger partial charge in [-0.25, -0.2) is 0 Å². The fourth-order valence-electron chi connectivity index (χ4n) is 2.58. The van der Waals surface area contributed by atoms with E-state index in [1.165, 1.54) is 0 Å². The lowest BCUT2D eigenvalue weighted by Crippen LogP contribution is -2.54. The Kier molecular flexibility index (Phi) is 4.08. The van der Waals surface area contributed by atoms with Crippen LogP contribution in [0.2, 0.25) is 0 Å². The number of amides is 2.